The number of hydrogen-bond donors (Lipinski definition) is 2. The molecule has 1 saturated heterocycles. The van der Waals surface area contributed by atoms with Crippen LogP contribution in [-0.2, 0) is 19.1 Å². The fourth-order valence-corrected chi connectivity index (χ4v) is 3.77. The molecule has 9 heteroatoms. The van der Waals surface area contributed by atoms with E-state index in [9.17, 15) is 19.5 Å². The Balaban J connectivity index is 1.60. The lowest BCUT2D eigenvalue weighted by Crippen LogP contribution is -2.70. The Labute approximate surface area is 147 Å². The highest BCUT2D eigenvalue weighted by Gasteiger charge is 2.54. The highest BCUT2D eigenvalue weighted by Crippen LogP contribution is 2.39. The van der Waals surface area contributed by atoms with E-state index < -0.39 is 29.2 Å². The van der Waals surface area contributed by atoms with Gasteiger partial charge in [0, 0.05) is 0 Å². The highest BCUT2D eigenvalue weighted by molar-refractivity contribution is 8.00. The number of carbonyl (C=O) groups excluding carboxylic acids is 3. The molecular weight excluding hydrogens is 348 g/mol. The molecule has 0 bridgehead atoms. The van der Waals surface area contributed by atoms with E-state index in [1.54, 1.807) is 24.3 Å². The lowest BCUT2D eigenvalue weighted by molar-refractivity contribution is -0.152. The first-order chi connectivity index (χ1) is 12.0. The summed E-state index contributed by atoms with van der Waals surface area (Å²) in [4.78, 5) is 37.2. The summed E-state index contributed by atoms with van der Waals surface area (Å²) < 4.78 is 9.93. The predicted molar refractivity (Wildman–Crippen MR) is 88.6 cm³/mol. The smallest absolute Gasteiger partial charge is 0.358 e. The van der Waals surface area contributed by atoms with Crippen LogP contribution in [0.3, 0.4) is 0 Å². The molecule has 0 spiro atoms. The first kappa shape index (κ1) is 17.2. The molecule has 2 aliphatic heterocycles. The lowest BCUT2D eigenvalue weighted by atomic mass is 10.0. The molecule has 8 nitrogen and oxygen atoms in total. The average molecular weight is 364 g/mol. The van der Waals surface area contributed by atoms with Gasteiger partial charge in [-0.2, -0.15) is 0 Å². The number of aliphatic hydroxyl groups excluding tert-OH is 1. The minimum atomic E-state index is -0.784. The van der Waals surface area contributed by atoms with Crippen molar-refractivity contribution in [2.75, 3.05) is 19.5 Å². The standard InChI is InChI=1S/C16H16N2O6S/c1-23-16(22)13-10(19)8-25-15-12(14(21)18(13)15)17-11(20)7-24-9-5-3-2-4-6-9/h2-6,12,15,19H,7-8H2,1H3,(H,17,20)/t12?,15-/m1/s1. The molecule has 2 N–H and O–H groups in total. The van der Waals surface area contributed by atoms with Gasteiger partial charge in [0.2, 0.25) is 0 Å². The number of nitrogens with one attached hydrogen (secondary N) is 1. The zero-order valence-electron chi connectivity index (χ0n) is 13.3. The van der Waals surface area contributed by atoms with E-state index in [0.29, 0.717) is 5.75 Å². The second-order valence-electron chi connectivity index (χ2n) is 5.34. The zero-order valence-corrected chi connectivity index (χ0v) is 14.1. The number of ether oxygens (including phenoxy) is 2. The molecule has 0 aliphatic carbocycles. The summed E-state index contributed by atoms with van der Waals surface area (Å²) in [6, 6.07) is 8.06. The molecule has 2 aliphatic rings. The third-order valence-electron chi connectivity index (χ3n) is 3.76. The molecule has 2 heterocycles. The fraction of sp³-hybridized carbons (Fsp3) is 0.312. The molecule has 25 heavy (non-hydrogen) atoms. The number of amides is 2. The van der Waals surface area contributed by atoms with Crippen molar-refractivity contribution in [1.29, 1.82) is 0 Å². The number of esters is 1. The van der Waals surface area contributed by atoms with Gasteiger partial charge in [-0.15, -0.1) is 11.8 Å². The molecule has 2 atom stereocenters. The highest BCUT2D eigenvalue weighted by atomic mass is 32.2. The third-order valence-corrected chi connectivity index (χ3v) is 5.02. The van der Waals surface area contributed by atoms with Crippen LogP contribution in [0.4, 0.5) is 0 Å². The Hall–Kier alpha value is -2.68. The Bertz CT molecular complexity index is 735. The van der Waals surface area contributed by atoms with Gasteiger partial charge in [-0.25, -0.2) is 4.79 Å². The second-order valence-corrected chi connectivity index (χ2v) is 6.45. The maximum Gasteiger partial charge on any atom is 0.358 e. The Morgan fingerprint density at radius 1 is 1.36 bits per heavy atom. The summed E-state index contributed by atoms with van der Waals surface area (Å²) in [6.45, 7) is -0.226. The zero-order chi connectivity index (χ0) is 18.0. The van der Waals surface area contributed by atoms with Gasteiger partial charge in [0.1, 0.15) is 22.9 Å². The number of carbonyl (C=O) groups is 3. The Kier molecular flexibility index (Phi) is 4.84. The maximum absolute atomic E-state index is 12.3. The van der Waals surface area contributed by atoms with E-state index >= 15 is 0 Å². The number of para-hydroxylation sites is 1. The largest absolute Gasteiger partial charge is 0.509 e. The van der Waals surface area contributed by atoms with Gasteiger partial charge < -0.3 is 19.9 Å². The van der Waals surface area contributed by atoms with E-state index in [1.807, 2.05) is 6.07 Å². The van der Waals surface area contributed by atoms with Crippen molar-refractivity contribution in [3.63, 3.8) is 0 Å². The first-order valence-electron chi connectivity index (χ1n) is 7.45. The molecule has 0 aromatic heterocycles. The van der Waals surface area contributed by atoms with Crippen LogP contribution in [0.15, 0.2) is 41.8 Å². The molecule has 3 rings (SSSR count). The van der Waals surface area contributed by atoms with Gasteiger partial charge in [0.05, 0.1) is 12.9 Å². The first-order valence-corrected chi connectivity index (χ1v) is 8.50. The molecule has 1 aromatic carbocycles. The van der Waals surface area contributed by atoms with Crippen LogP contribution in [-0.4, -0.2) is 58.7 Å². The van der Waals surface area contributed by atoms with E-state index in [4.69, 9.17) is 4.74 Å². The van der Waals surface area contributed by atoms with E-state index in [-0.39, 0.29) is 23.8 Å². The van der Waals surface area contributed by atoms with Crippen molar-refractivity contribution in [3.05, 3.63) is 41.8 Å². The van der Waals surface area contributed by atoms with Gasteiger partial charge in [-0.1, -0.05) is 18.2 Å². The van der Waals surface area contributed by atoms with Crippen LogP contribution in [0.1, 0.15) is 0 Å². The van der Waals surface area contributed by atoms with Crippen molar-refractivity contribution in [3.8, 4) is 5.75 Å². The minimum absolute atomic E-state index is 0.158. The number of aliphatic hydroxyl groups is 1. The van der Waals surface area contributed by atoms with Gasteiger partial charge in [-0.05, 0) is 12.1 Å². The predicted octanol–water partition coefficient (Wildman–Crippen LogP) is 0.408. The molecule has 1 aromatic rings. The second kappa shape index (κ2) is 7.06. The monoisotopic (exact) mass is 364 g/mol. The summed E-state index contributed by atoms with van der Waals surface area (Å²) in [5.74, 6) is -1.21. The van der Waals surface area contributed by atoms with Crippen LogP contribution >= 0.6 is 11.8 Å². The van der Waals surface area contributed by atoms with Crippen LogP contribution in [0.25, 0.3) is 0 Å². The Morgan fingerprint density at radius 3 is 2.76 bits per heavy atom. The average Bonchev–Trinajstić information content (AvgIpc) is 2.64. The number of nitrogens with zero attached hydrogens (tertiary/aromatic N) is 1. The topological polar surface area (TPSA) is 105 Å². The van der Waals surface area contributed by atoms with E-state index in [0.717, 1.165) is 4.90 Å². The van der Waals surface area contributed by atoms with E-state index in [1.165, 1.54) is 18.9 Å². The summed E-state index contributed by atoms with van der Waals surface area (Å²) in [7, 11) is 1.17. The third kappa shape index (κ3) is 3.27. The molecule has 132 valence electrons. The molecular formula is C16H16N2O6S. The van der Waals surface area contributed by atoms with Crippen LogP contribution in [0.5, 0.6) is 5.75 Å². The van der Waals surface area contributed by atoms with Gasteiger partial charge in [0.25, 0.3) is 11.8 Å². The van der Waals surface area contributed by atoms with Crippen LogP contribution in [0, 0.1) is 0 Å². The number of rotatable bonds is 5. The van der Waals surface area contributed by atoms with Gasteiger partial charge >= 0.3 is 5.97 Å². The SMILES string of the molecule is COC(=O)C1=C(O)CS[C@@H]2C(NC(=O)COc3ccccc3)C(=O)N12. The number of fused-ring (bicyclic) bond motifs is 1. The summed E-state index contributed by atoms with van der Waals surface area (Å²) >= 11 is 1.25. The van der Waals surface area contributed by atoms with Crippen LogP contribution < -0.4 is 10.1 Å². The molecule has 0 saturated carbocycles. The number of β-lactam (4-membered cyclic amide) rings is 1. The maximum atomic E-state index is 12.3. The van der Waals surface area contributed by atoms with Crippen molar-refractivity contribution in [2.45, 2.75) is 11.4 Å². The molecule has 1 fully saturated rings. The number of hydrogen-bond acceptors (Lipinski definition) is 7. The molecule has 0 radical (unpaired) electrons. The normalized spacial score (nSPS) is 22.0. The van der Waals surface area contributed by atoms with Crippen molar-refractivity contribution < 1.29 is 29.0 Å². The fourth-order valence-electron chi connectivity index (χ4n) is 2.57. The van der Waals surface area contributed by atoms with Crippen molar-refractivity contribution in [2.24, 2.45) is 0 Å². The summed E-state index contributed by atoms with van der Waals surface area (Å²) in [5, 5.41) is 12.0. The number of benzene rings is 1. The number of thioether (sulfide) groups is 1. The van der Waals surface area contributed by atoms with E-state index in [2.05, 4.69) is 10.1 Å². The van der Waals surface area contributed by atoms with Crippen molar-refractivity contribution in [1.82, 2.24) is 10.2 Å². The van der Waals surface area contributed by atoms with Gasteiger partial charge in [0.15, 0.2) is 12.3 Å². The minimum Gasteiger partial charge on any atom is -0.509 e. The van der Waals surface area contributed by atoms with Gasteiger partial charge in [-0.3, -0.25) is 14.5 Å². The molecule has 1 unspecified atom stereocenters. The Morgan fingerprint density at radius 2 is 2.08 bits per heavy atom. The van der Waals surface area contributed by atoms with Crippen LogP contribution in [0.2, 0.25) is 0 Å². The molecule has 2 amide bonds. The lowest BCUT2D eigenvalue weighted by Gasteiger charge is -2.48. The number of methoxy groups -OCH3 is 1. The quantitative estimate of drug-likeness (QED) is 0.576. The van der Waals surface area contributed by atoms with Crippen molar-refractivity contribution >= 4 is 29.5 Å². The summed E-state index contributed by atoms with van der Waals surface area (Å²) in [6.07, 6.45) is 0. The summed E-state index contributed by atoms with van der Waals surface area (Å²) in [5.41, 5.74) is -0.165.